The molecule has 1 aliphatic rings. The normalized spacial score (nSPS) is 13.0. The van der Waals surface area contributed by atoms with Gasteiger partial charge >= 0.3 is 0 Å². The van der Waals surface area contributed by atoms with Gasteiger partial charge in [0.25, 0.3) is 5.95 Å². The van der Waals surface area contributed by atoms with Gasteiger partial charge in [-0.2, -0.15) is 24.7 Å². The summed E-state index contributed by atoms with van der Waals surface area (Å²) in [5, 5.41) is 4.00. The van der Waals surface area contributed by atoms with Crippen LogP contribution in [0.4, 0.5) is 5.95 Å². The Morgan fingerprint density at radius 3 is 3.00 bits per heavy atom. The van der Waals surface area contributed by atoms with Crippen LogP contribution in [0.3, 0.4) is 0 Å². The molecule has 2 N–H and O–H groups in total. The van der Waals surface area contributed by atoms with Gasteiger partial charge in [-0.15, -0.1) is 0 Å². The first-order valence-corrected chi connectivity index (χ1v) is 6.42. The van der Waals surface area contributed by atoms with Crippen molar-refractivity contribution in [3.63, 3.8) is 0 Å². The van der Waals surface area contributed by atoms with Crippen LogP contribution in [0.5, 0.6) is 5.75 Å². The molecule has 0 bridgehead atoms. The van der Waals surface area contributed by atoms with Gasteiger partial charge in [0, 0.05) is 12.0 Å². The lowest BCUT2D eigenvalue weighted by Crippen LogP contribution is -2.08. The lowest BCUT2D eigenvalue weighted by Gasteiger charge is -2.06. The lowest BCUT2D eigenvalue weighted by atomic mass is 10.1. The second-order valence-electron chi connectivity index (χ2n) is 4.58. The Balaban J connectivity index is 1.81. The minimum atomic E-state index is 0.141. The molecule has 0 fully saturated rings. The summed E-state index contributed by atoms with van der Waals surface area (Å²) in [4.78, 5) is 16.5. The zero-order valence-corrected chi connectivity index (χ0v) is 11.0. The van der Waals surface area contributed by atoms with Crippen molar-refractivity contribution in [3.05, 3.63) is 36.4 Å². The molecule has 0 radical (unpaired) electrons. The summed E-state index contributed by atoms with van der Waals surface area (Å²) in [7, 11) is 0. The third kappa shape index (κ3) is 2.06. The molecule has 21 heavy (non-hydrogen) atoms. The van der Waals surface area contributed by atoms with Crippen LogP contribution in [0.1, 0.15) is 5.56 Å². The van der Waals surface area contributed by atoms with Crippen LogP contribution in [0.15, 0.2) is 30.9 Å². The van der Waals surface area contributed by atoms with Gasteiger partial charge in [0.2, 0.25) is 5.95 Å². The van der Waals surface area contributed by atoms with Crippen LogP contribution in [-0.4, -0.2) is 36.3 Å². The first kappa shape index (κ1) is 11.8. The van der Waals surface area contributed by atoms with Crippen LogP contribution in [0.2, 0.25) is 0 Å². The highest BCUT2D eigenvalue weighted by molar-refractivity contribution is 5.60. The smallest absolute Gasteiger partial charge is 0.257 e. The highest BCUT2D eigenvalue weighted by atomic mass is 16.5. The van der Waals surface area contributed by atoms with Gasteiger partial charge < -0.3 is 10.5 Å². The first-order chi connectivity index (χ1) is 10.3. The van der Waals surface area contributed by atoms with E-state index < -0.39 is 0 Å². The molecule has 1 aliphatic heterocycles. The second-order valence-corrected chi connectivity index (χ2v) is 4.58. The Kier molecular flexibility index (Phi) is 2.53. The highest BCUT2D eigenvalue weighted by Gasteiger charge is 2.15. The van der Waals surface area contributed by atoms with E-state index in [1.165, 1.54) is 17.3 Å². The number of nitrogens with zero attached hydrogens (tertiary/aromatic N) is 6. The zero-order chi connectivity index (χ0) is 14.2. The Morgan fingerprint density at radius 2 is 2.14 bits per heavy atom. The average Bonchev–Trinajstić information content (AvgIpc) is 3.17. The van der Waals surface area contributed by atoms with E-state index in [2.05, 4.69) is 25.0 Å². The summed E-state index contributed by atoms with van der Waals surface area (Å²) >= 11 is 0. The molecule has 8 nitrogen and oxygen atoms in total. The van der Waals surface area contributed by atoms with Gasteiger partial charge in [0.05, 0.1) is 6.61 Å². The predicted octanol–water partition coefficient (Wildman–Crippen LogP) is 0.636. The summed E-state index contributed by atoms with van der Waals surface area (Å²) in [6.45, 7) is 0.711. The van der Waals surface area contributed by atoms with E-state index in [1.54, 1.807) is 0 Å². The van der Waals surface area contributed by atoms with E-state index in [1.807, 2.05) is 18.2 Å². The van der Waals surface area contributed by atoms with Crippen LogP contribution in [-0.2, 0) is 6.42 Å². The molecule has 0 unspecified atom stereocenters. The lowest BCUT2D eigenvalue weighted by molar-refractivity contribution is 0.357. The van der Waals surface area contributed by atoms with Crippen LogP contribution in [0, 0.1) is 0 Å². The van der Waals surface area contributed by atoms with E-state index in [-0.39, 0.29) is 5.95 Å². The molecule has 0 aliphatic carbocycles. The summed E-state index contributed by atoms with van der Waals surface area (Å²) in [6, 6.07) is 5.85. The molecule has 8 heteroatoms. The predicted molar refractivity (Wildman–Crippen MR) is 73.8 cm³/mol. The number of nitrogens with two attached hydrogens (primary N) is 1. The SMILES string of the molecule is Nc1nc(-c2ccc3c(c2)CCO3)nc(-n2cncn2)n1. The van der Waals surface area contributed by atoms with Crippen molar-refractivity contribution >= 4 is 5.95 Å². The van der Waals surface area contributed by atoms with E-state index in [4.69, 9.17) is 10.5 Å². The van der Waals surface area contributed by atoms with Crippen molar-refractivity contribution in [1.82, 2.24) is 29.7 Å². The topological polar surface area (TPSA) is 105 Å². The van der Waals surface area contributed by atoms with E-state index in [0.29, 0.717) is 18.4 Å². The van der Waals surface area contributed by atoms with Crippen molar-refractivity contribution < 1.29 is 4.74 Å². The molecule has 3 aromatic rings. The van der Waals surface area contributed by atoms with Crippen molar-refractivity contribution in [1.29, 1.82) is 0 Å². The fourth-order valence-corrected chi connectivity index (χ4v) is 2.25. The maximum atomic E-state index is 5.77. The van der Waals surface area contributed by atoms with Crippen LogP contribution in [0.25, 0.3) is 17.3 Å². The maximum absolute atomic E-state index is 5.77. The second kappa shape index (κ2) is 4.51. The number of ether oxygens (including phenoxy) is 1. The Morgan fingerprint density at radius 1 is 1.19 bits per heavy atom. The molecule has 0 saturated heterocycles. The first-order valence-electron chi connectivity index (χ1n) is 6.42. The number of nitrogen functional groups attached to an aromatic ring is 1. The van der Waals surface area contributed by atoms with E-state index >= 15 is 0 Å². The van der Waals surface area contributed by atoms with Crippen molar-refractivity contribution in [2.75, 3.05) is 12.3 Å². The van der Waals surface area contributed by atoms with E-state index in [9.17, 15) is 0 Å². The minimum absolute atomic E-state index is 0.141. The Hall–Kier alpha value is -3.03. The van der Waals surface area contributed by atoms with Gasteiger partial charge in [-0.05, 0) is 23.8 Å². The largest absolute Gasteiger partial charge is 0.493 e. The van der Waals surface area contributed by atoms with Crippen LogP contribution >= 0.6 is 0 Å². The summed E-state index contributed by atoms with van der Waals surface area (Å²) in [6.07, 6.45) is 3.81. The number of hydrogen-bond acceptors (Lipinski definition) is 7. The third-order valence-electron chi connectivity index (χ3n) is 3.21. The maximum Gasteiger partial charge on any atom is 0.257 e. The van der Waals surface area contributed by atoms with Gasteiger partial charge in [0.15, 0.2) is 5.82 Å². The van der Waals surface area contributed by atoms with Gasteiger partial charge in [-0.3, -0.25) is 0 Å². The number of aromatic nitrogens is 6. The molecular weight excluding hydrogens is 270 g/mol. The monoisotopic (exact) mass is 281 g/mol. The third-order valence-corrected chi connectivity index (χ3v) is 3.21. The highest BCUT2D eigenvalue weighted by Crippen LogP contribution is 2.29. The molecule has 2 aromatic heterocycles. The summed E-state index contributed by atoms with van der Waals surface area (Å²) in [5.41, 5.74) is 7.78. The molecule has 1 aromatic carbocycles. The fourth-order valence-electron chi connectivity index (χ4n) is 2.25. The zero-order valence-electron chi connectivity index (χ0n) is 11.0. The minimum Gasteiger partial charge on any atom is -0.493 e. The van der Waals surface area contributed by atoms with Crippen molar-refractivity contribution in [2.24, 2.45) is 0 Å². The van der Waals surface area contributed by atoms with Crippen LogP contribution < -0.4 is 10.5 Å². The quantitative estimate of drug-likeness (QED) is 0.734. The summed E-state index contributed by atoms with van der Waals surface area (Å²) in [5.74, 6) is 1.90. The molecular formula is C13H11N7O. The number of hydrogen-bond donors (Lipinski definition) is 1. The Labute approximate surface area is 119 Å². The number of fused-ring (bicyclic) bond motifs is 1. The summed E-state index contributed by atoms with van der Waals surface area (Å²) < 4.78 is 6.94. The fraction of sp³-hybridized carbons (Fsp3) is 0.154. The number of benzene rings is 1. The average molecular weight is 281 g/mol. The Bertz CT molecular complexity index is 800. The molecule has 0 atom stereocenters. The van der Waals surface area contributed by atoms with Crippen molar-refractivity contribution in [3.8, 4) is 23.1 Å². The van der Waals surface area contributed by atoms with Gasteiger partial charge in [0.1, 0.15) is 18.4 Å². The van der Waals surface area contributed by atoms with Crippen molar-refractivity contribution in [2.45, 2.75) is 6.42 Å². The standard InChI is InChI=1S/C13H11N7O/c14-12-17-11(18-13(19-12)20-7-15-6-16-20)9-1-2-10-8(5-9)3-4-21-10/h1-2,5-7H,3-4H2,(H2,14,17,18,19). The molecule has 0 spiro atoms. The molecule has 104 valence electrons. The van der Waals surface area contributed by atoms with Gasteiger partial charge in [-0.1, -0.05) is 0 Å². The number of rotatable bonds is 2. The molecule has 3 heterocycles. The number of anilines is 1. The molecule has 0 saturated carbocycles. The van der Waals surface area contributed by atoms with Gasteiger partial charge in [-0.25, -0.2) is 4.98 Å². The van der Waals surface area contributed by atoms with E-state index in [0.717, 1.165) is 23.3 Å². The molecule has 4 rings (SSSR count). The molecule has 0 amide bonds.